The summed E-state index contributed by atoms with van der Waals surface area (Å²) < 4.78 is 0. The number of hydrogen-bond donors (Lipinski definition) is 1. The Bertz CT molecular complexity index is 391. The molecular weight excluding hydrogens is 282 g/mol. The van der Waals surface area contributed by atoms with Crippen LogP contribution in [0, 0.1) is 5.41 Å². The van der Waals surface area contributed by atoms with Crippen LogP contribution in [0.3, 0.4) is 0 Å². The van der Waals surface area contributed by atoms with E-state index < -0.39 is 5.41 Å². The first-order valence-corrected chi connectivity index (χ1v) is 8.64. The number of carbonyl (C=O) groups excluding carboxylic acids is 1. The topological polar surface area (TPSA) is 49.6 Å². The van der Waals surface area contributed by atoms with Gasteiger partial charge in [0.15, 0.2) is 0 Å². The fraction of sp³-hybridized carbons (Fsp3) is 0.875. The van der Waals surface area contributed by atoms with E-state index in [1.165, 1.54) is 25.7 Å². The molecule has 1 saturated heterocycles. The lowest BCUT2D eigenvalue weighted by molar-refractivity contribution is -0.138. The second-order valence-corrected chi connectivity index (χ2v) is 7.26. The van der Waals surface area contributed by atoms with Crippen molar-refractivity contribution in [3.05, 3.63) is 0 Å². The molecule has 0 aromatic heterocycles. The average molecular weight is 311 g/mol. The fourth-order valence-electron chi connectivity index (χ4n) is 3.87. The Morgan fingerprint density at radius 1 is 1.29 bits per heavy atom. The second-order valence-electron chi connectivity index (χ2n) is 6.82. The first-order valence-electron chi connectivity index (χ1n) is 8.23. The highest BCUT2D eigenvalue weighted by molar-refractivity contribution is 7.80. The number of nitrogens with zero attached hydrogens (tertiary/aromatic N) is 2. The van der Waals surface area contributed by atoms with E-state index in [0.29, 0.717) is 11.0 Å². The Balaban J connectivity index is 2.08. The molecule has 5 heteroatoms. The predicted octanol–water partition coefficient (Wildman–Crippen LogP) is 2.17. The summed E-state index contributed by atoms with van der Waals surface area (Å²) in [4.78, 5) is 17.7. The number of amides is 1. The van der Waals surface area contributed by atoms with E-state index in [9.17, 15) is 4.79 Å². The van der Waals surface area contributed by atoms with Crippen LogP contribution < -0.4 is 5.73 Å². The van der Waals surface area contributed by atoms with Crippen LogP contribution in [0.1, 0.15) is 51.4 Å². The van der Waals surface area contributed by atoms with Crippen LogP contribution in [0.2, 0.25) is 0 Å². The largest absolute Gasteiger partial charge is 0.392 e. The third-order valence-electron chi connectivity index (χ3n) is 5.34. The monoisotopic (exact) mass is 311 g/mol. The van der Waals surface area contributed by atoms with Crippen molar-refractivity contribution in [2.45, 2.75) is 57.4 Å². The van der Waals surface area contributed by atoms with Crippen LogP contribution in [0.25, 0.3) is 0 Å². The molecule has 120 valence electrons. The lowest BCUT2D eigenvalue weighted by Crippen LogP contribution is -2.51. The summed E-state index contributed by atoms with van der Waals surface area (Å²) in [5.41, 5.74) is 5.43. The first-order chi connectivity index (χ1) is 9.97. The molecule has 1 unspecified atom stereocenters. The molecule has 0 bridgehead atoms. The third-order valence-corrected chi connectivity index (χ3v) is 5.73. The van der Waals surface area contributed by atoms with Gasteiger partial charge in [0, 0.05) is 19.6 Å². The van der Waals surface area contributed by atoms with Crippen LogP contribution in [-0.2, 0) is 4.79 Å². The van der Waals surface area contributed by atoms with Crippen LogP contribution >= 0.6 is 12.2 Å². The average Bonchev–Trinajstić information content (AvgIpc) is 2.71. The van der Waals surface area contributed by atoms with Crippen LogP contribution in [-0.4, -0.2) is 53.9 Å². The molecule has 2 fully saturated rings. The molecule has 0 aromatic carbocycles. The number of likely N-dealkylation sites (N-methyl/N-ethyl adjacent to an activating group) is 2. The summed E-state index contributed by atoms with van der Waals surface area (Å²) in [6.45, 7) is 1.92. The number of likely N-dealkylation sites (tertiary alicyclic amines) is 1. The van der Waals surface area contributed by atoms with Crippen molar-refractivity contribution in [3.8, 4) is 0 Å². The van der Waals surface area contributed by atoms with Gasteiger partial charge < -0.3 is 15.5 Å². The highest BCUT2D eigenvalue weighted by atomic mass is 32.1. The molecule has 2 aliphatic rings. The number of thiocarbonyl (C=S) groups is 1. The minimum Gasteiger partial charge on any atom is -0.392 e. The van der Waals surface area contributed by atoms with E-state index in [2.05, 4.69) is 11.9 Å². The van der Waals surface area contributed by atoms with Crippen LogP contribution in [0.4, 0.5) is 0 Å². The summed E-state index contributed by atoms with van der Waals surface area (Å²) in [6, 6.07) is 0.480. The van der Waals surface area contributed by atoms with E-state index in [1.54, 1.807) is 0 Å². The predicted molar refractivity (Wildman–Crippen MR) is 90.2 cm³/mol. The van der Waals surface area contributed by atoms with E-state index in [4.69, 9.17) is 18.0 Å². The maximum Gasteiger partial charge on any atom is 0.235 e. The molecule has 0 aromatic rings. The molecule has 4 nitrogen and oxygen atoms in total. The molecule has 1 aliphatic carbocycles. The fourth-order valence-corrected chi connectivity index (χ4v) is 4.16. The van der Waals surface area contributed by atoms with E-state index in [1.807, 2.05) is 11.9 Å². The molecule has 1 amide bonds. The zero-order chi connectivity index (χ0) is 15.5. The Hall–Kier alpha value is -0.680. The molecule has 2 rings (SSSR count). The normalized spacial score (nSPS) is 26.3. The molecular formula is C16H29N3OS. The van der Waals surface area contributed by atoms with Gasteiger partial charge in [0.25, 0.3) is 0 Å². The molecule has 0 spiro atoms. The van der Waals surface area contributed by atoms with E-state index >= 15 is 0 Å². The summed E-state index contributed by atoms with van der Waals surface area (Å²) >= 11 is 5.31. The van der Waals surface area contributed by atoms with Crippen molar-refractivity contribution in [2.75, 3.05) is 27.2 Å². The van der Waals surface area contributed by atoms with Crippen LogP contribution in [0.5, 0.6) is 0 Å². The van der Waals surface area contributed by atoms with Crippen LogP contribution in [0.15, 0.2) is 0 Å². The number of rotatable bonds is 4. The Morgan fingerprint density at radius 2 is 1.90 bits per heavy atom. The summed E-state index contributed by atoms with van der Waals surface area (Å²) in [6.07, 6.45) is 8.54. The highest BCUT2D eigenvalue weighted by Crippen LogP contribution is 2.37. The quantitative estimate of drug-likeness (QED) is 0.638. The van der Waals surface area contributed by atoms with Gasteiger partial charge in [-0.1, -0.05) is 37.9 Å². The van der Waals surface area contributed by atoms with Gasteiger partial charge >= 0.3 is 0 Å². The Morgan fingerprint density at radius 3 is 2.38 bits per heavy atom. The van der Waals surface area contributed by atoms with Gasteiger partial charge in [-0.3, -0.25) is 4.79 Å². The Labute approximate surface area is 134 Å². The maximum atomic E-state index is 13.0. The molecule has 1 saturated carbocycles. The van der Waals surface area contributed by atoms with Gasteiger partial charge in [0.1, 0.15) is 0 Å². The van der Waals surface area contributed by atoms with Crippen molar-refractivity contribution in [3.63, 3.8) is 0 Å². The van der Waals surface area contributed by atoms with Gasteiger partial charge in [0.05, 0.1) is 10.4 Å². The highest BCUT2D eigenvalue weighted by Gasteiger charge is 2.43. The smallest absolute Gasteiger partial charge is 0.235 e. The van der Waals surface area contributed by atoms with Gasteiger partial charge in [-0.2, -0.15) is 0 Å². The van der Waals surface area contributed by atoms with Crippen molar-refractivity contribution in [1.82, 2.24) is 9.80 Å². The Kier molecular flexibility index (Phi) is 5.60. The molecule has 1 heterocycles. The molecule has 1 atom stereocenters. The lowest BCUT2D eigenvalue weighted by atomic mass is 9.78. The maximum absolute atomic E-state index is 13.0. The van der Waals surface area contributed by atoms with Gasteiger partial charge in [-0.15, -0.1) is 0 Å². The first kappa shape index (κ1) is 16.7. The SMILES string of the molecule is CN(CC1CCCN1C)C(=O)C1(C(N)=S)CCCCCC1. The van der Waals surface area contributed by atoms with Gasteiger partial charge in [0.2, 0.25) is 5.91 Å². The minimum absolute atomic E-state index is 0.150. The number of hydrogen-bond acceptors (Lipinski definition) is 3. The summed E-state index contributed by atoms with van der Waals surface area (Å²) in [5.74, 6) is 0.150. The molecule has 0 radical (unpaired) electrons. The molecule has 1 aliphatic heterocycles. The third kappa shape index (κ3) is 3.57. The van der Waals surface area contributed by atoms with E-state index in [0.717, 1.165) is 38.8 Å². The zero-order valence-corrected chi connectivity index (χ0v) is 14.3. The van der Waals surface area contributed by atoms with Crippen molar-refractivity contribution in [1.29, 1.82) is 0 Å². The molecule has 2 N–H and O–H groups in total. The second kappa shape index (κ2) is 7.05. The minimum atomic E-state index is -0.586. The number of carbonyl (C=O) groups is 1. The number of nitrogens with two attached hydrogens (primary N) is 1. The standard InChI is InChI=1S/C16H29N3OS/c1-18-11-7-8-13(18)12-19(2)15(20)16(14(17)21)9-5-3-4-6-10-16/h13H,3-12H2,1-2H3,(H2,17,21). The van der Waals surface area contributed by atoms with Crippen molar-refractivity contribution in [2.24, 2.45) is 11.1 Å². The van der Waals surface area contributed by atoms with Crippen molar-refractivity contribution >= 4 is 23.1 Å². The van der Waals surface area contributed by atoms with Gasteiger partial charge in [-0.25, -0.2) is 0 Å². The van der Waals surface area contributed by atoms with Crippen molar-refractivity contribution < 1.29 is 4.79 Å². The molecule has 21 heavy (non-hydrogen) atoms. The zero-order valence-electron chi connectivity index (χ0n) is 13.4. The van der Waals surface area contributed by atoms with Gasteiger partial charge in [-0.05, 0) is 39.3 Å². The summed E-state index contributed by atoms with van der Waals surface area (Å²) in [5, 5.41) is 0. The summed E-state index contributed by atoms with van der Waals surface area (Å²) in [7, 11) is 4.06. The van der Waals surface area contributed by atoms with E-state index in [-0.39, 0.29) is 5.91 Å². The lowest BCUT2D eigenvalue weighted by Gasteiger charge is -2.36.